The molecule has 0 rings (SSSR count). The summed E-state index contributed by atoms with van der Waals surface area (Å²) in [6.07, 6.45) is 1.69. The third-order valence-corrected chi connectivity index (χ3v) is 5.37. The highest BCUT2D eigenvalue weighted by molar-refractivity contribution is 7.99. The molecule has 0 aliphatic rings. The second-order valence-electron chi connectivity index (χ2n) is 4.54. The average molecular weight is 312 g/mol. The molecule has 0 fully saturated rings. The molecule has 0 saturated carbocycles. The Morgan fingerprint density at radius 3 is 2.58 bits per heavy atom. The van der Waals surface area contributed by atoms with Crippen LogP contribution in [0.25, 0.3) is 0 Å². The average Bonchev–Trinajstić information content (AvgIpc) is 2.34. The van der Waals surface area contributed by atoms with Crippen molar-refractivity contribution in [1.29, 1.82) is 0 Å². The van der Waals surface area contributed by atoms with Crippen LogP contribution in [0.5, 0.6) is 0 Å². The molecule has 7 heteroatoms. The van der Waals surface area contributed by atoms with Gasteiger partial charge >= 0.3 is 0 Å². The second-order valence-corrected chi connectivity index (χ2v) is 7.74. The fourth-order valence-electron chi connectivity index (χ4n) is 1.53. The van der Waals surface area contributed by atoms with Gasteiger partial charge in [-0.2, -0.15) is 29.2 Å². The van der Waals surface area contributed by atoms with E-state index in [1.54, 1.807) is 7.05 Å². The number of thioether (sulfide) groups is 1. The second kappa shape index (κ2) is 10.9. The molecule has 0 aliphatic carbocycles. The molecule has 0 aliphatic heterocycles. The SMILES string of the molecule is CCNCCCN(C)S(=O)(=O)NC(C)CCSCC. The van der Waals surface area contributed by atoms with E-state index in [1.807, 2.05) is 25.6 Å². The number of rotatable bonds is 12. The Labute approximate surface area is 123 Å². The molecule has 0 aromatic carbocycles. The van der Waals surface area contributed by atoms with E-state index >= 15 is 0 Å². The van der Waals surface area contributed by atoms with Crippen LogP contribution in [0.15, 0.2) is 0 Å². The predicted octanol–water partition coefficient (Wildman–Crippen LogP) is 1.28. The molecule has 1 atom stereocenters. The van der Waals surface area contributed by atoms with Gasteiger partial charge in [-0.05, 0) is 44.4 Å². The molecule has 2 N–H and O–H groups in total. The maximum atomic E-state index is 12.0. The Kier molecular flexibility index (Phi) is 11.0. The van der Waals surface area contributed by atoms with Gasteiger partial charge in [-0.25, -0.2) is 0 Å². The number of hydrogen-bond acceptors (Lipinski definition) is 4. The predicted molar refractivity (Wildman–Crippen MR) is 84.9 cm³/mol. The highest BCUT2D eigenvalue weighted by Gasteiger charge is 2.19. The van der Waals surface area contributed by atoms with E-state index in [-0.39, 0.29) is 6.04 Å². The van der Waals surface area contributed by atoms with E-state index in [2.05, 4.69) is 17.0 Å². The Morgan fingerprint density at radius 2 is 2.00 bits per heavy atom. The molecular weight excluding hydrogens is 282 g/mol. The van der Waals surface area contributed by atoms with E-state index in [0.29, 0.717) is 6.54 Å². The van der Waals surface area contributed by atoms with Gasteiger partial charge in [-0.1, -0.05) is 13.8 Å². The van der Waals surface area contributed by atoms with Gasteiger partial charge in [-0.3, -0.25) is 0 Å². The van der Waals surface area contributed by atoms with Crippen molar-refractivity contribution in [3.05, 3.63) is 0 Å². The molecule has 0 spiro atoms. The van der Waals surface area contributed by atoms with Crippen molar-refractivity contribution < 1.29 is 8.42 Å². The van der Waals surface area contributed by atoms with Crippen molar-refractivity contribution in [3.63, 3.8) is 0 Å². The quantitative estimate of drug-likeness (QED) is 0.533. The summed E-state index contributed by atoms with van der Waals surface area (Å²) in [4.78, 5) is 0. The molecular formula is C12H29N3O2S2. The van der Waals surface area contributed by atoms with Crippen molar-refractivity contribution in [2.24, 2.45) is 0 Å². The smallest absolute Gasteiger partial charge is 0.279 e. The third kappa shape index (κ3) is 9.67. The number of hydrogen-bond donors (Lipinski definition) is 2. The van der Waals surface area contributed by atoms with Gasteiger partial charge in [-0.15, -0.1) is 0 Å². The van der Waals surface area contributed by atoms with Crippen LogP contribution in [0.2, 0.25) is 0 Å². The van der Waals surface area contributed by atoms with Gasteiger partial charge in [0.25, 0.3) is 10.2 Å². The number of nitrogens with one attached hydrogen (secondary N) is 2. The first kappa shape index (κ1) is 19.2. The topological polar surface area (TPSA) is 61.4 Å². The molecule has 0 radical (unpaired) electrons. The molecule has 1 unspecified atom stereocenters. The van der Waals surface area contributed by atoms with Crippen LogP contribution in [-0.2, 0) is 10.2 Å². The van der Waals surface area contributed by atoms with Crippen molar-refractivity contribution in [2.75, 3.05) is 38.2 Å². The number of nitrogens with zero attached hydrogens (tertiary/aromatic N) is 1. The lowest BCUT2D eigenvalue weighted by molar-refractivity contribution is 0.437. The van der Waals surface area contributed by atoms with Crippen LogP contribution in [0.1, 0.15) is 33.6 Å². The van der Waals surface area contributed by atoms with Gasteiger partial charge in [0.1, 0.15) is 0 Å². The maximum Gasteiger partial charge on any atom is 0.279 e. The normalized spacial score (nSPS) is 13.9. The summed E-state index contributed by atoms with van der Waals surface area (Å²) in [7, 11) is -1.71. The Balaban J connectivity index is 4.00. The van der Waals surface area contributed by atoms with E-state index < -0.39 is 10.2 Å². The molecule has 0 saturated heterocycles. The summed E-state index contributed by atoms with van der Waals surface area (Å²) >= 11 is 1.83. The monoisotopic (exact) mass is 311 g/mol. The van der Waals surface area contributed by atoms with Crippen LogP contribution in [0.3, 0.4) is 0 Å². The summed E-state index contributed by atoms with van der Waals surface area (Å²) in [5.74, 6) is 2.06. The van der Waals surface area contributed by atoms with Crippen LogP contribution in [-0.4, -0.2) is 57.0 Å². The lowest BCUT2D eigenvalue weighted by Crippen LogP contribution is -2.43. The van der Waals surface area contributed by atoms with Crippen LogP contribution < -0.4 is 10.0 Å². The van der Waals surface area contributed by atoms with Crippen molar-refractivity contribution in [3.8, 4) is 0 Å². The van der Waals surface area contributed by atoms with Crippen molar-refractivity contribution >= 4 is 22.0 Å². The van der Waals surface area contributed by atoms with Gasteiger partial charge < -0.3 is 5.32 Å². The molecule has 5 nitrogen and oxygen atoms in total. The van der Waals surface area contributed by atoms with Crippen molar-refractivity contribution in [2.45, 2.75) is 39.7 Å². The van der Waals surface area contributed by atoms with Gasteiger partial charge in [0, 0.05) is 19.6 Å². The molecule has 19 heavy (non-hydrogen) atoms. The summed E-state index contributed by atoms with van der Waals surface area (Å²) in [5, 5.41) is 3.19. The largest absolute Gasteiger partial charge is 0.317 e. The lowest BCUT2D eigenvalue weighted by atomic mass is 10.3. The zero-order chi connectivity index (χ0) is 14.7. The van der Waals surface area contributed by atoms with Gasteiger partial charge in [0.2, 0.25) is 0 Å². The maximum absolute atomic E-state index is 12.0. The minimum absolute atomic E-state index is 0.0136. The fraction of sp³-hybridized carbons (Fsp3) is 1.00. The summed E-state index contributed by atoms with van der Waals surface area (Å²) in [6, 6.07) is -0.0136. The molecule has 116 valence electrons. The van der Waals surface area contributed by atoms with Crippen molar-refractivity contribution in [1.82, 2.24) is 14.3 Å². The first-order valence-corrected chi connectivity index (χ1v) is 9.55. The first-order valence-electron chi connectivity index (χ1n) is 6.96. The minimum atomic E-state index is -3.34. The first-order chi connectivity index (χ1) is 8.94. The third-order valence-electron chi connectivity index (χ3n) is 2.74. The summed E-state index contributed by atoms with van der Waals surface area (Å²) in [6.45, 7) is 8.37. The van der Waals surface area contributed by atoms with E-state index in [0.717, 1.165) is 37.4 Å². The Morgan fingerprint density at radius 1 is 1.32 bits per heavy atom. The minimum Gasteiger partial charge on any atom is -0.317 e. The molecule has 0 aromatic heterocycles. The summed E-state index contributed by atoms with van der Waals surface area (Å²) in [5.41, 5.74) is 0. The summed E-state index contributed by atoms with van der Waals surface area (Å²) < 4.78 is 28.2. The standard InChI is InChI=1S/C12H29N3O2S2/c1-5-13-9-7-10-15(4)19(16,17)14-12(3)8-11-18-6-2/h12-14H,5-11H2,1-4H3. The van der Waals surface area contributed by atoms with Crippen LogP contribution >= 0.6 is 11.8 Å². The van der Waals surface area contributed by atoms with E-state index in [4.69, 9.17) is 0 Å². The van der Waals surface area contributed by atoms with Crippen LogP contribution in [0, 0.1) is 0 Å². The molecule has 0 bridgehead atoms. The zero-order valence-corrected chi connectivity index (χ0v) is 14.2. The van der Waals surface area contributed by atoms with Gasteiger partial charge in [0.15, 0.2) is 0 Å². The molecule has 0 aromatic rings. The van der Waals surface area contributed by atoms with Crippen LogP contribution in [0.4, 0.5) is 0 Å². The molecule has 0 heterocycles. The zero-order valence-electron chi connectivity index (χ0n) is 12.6. The Hall–Kier alpha value is 0.180. The van der Waals surface area contributed by atoms with E-state index in [9.17, 15) is 8.42 Å². The molecule has 0 amide bonds. The highest BCUT2D eigenvalue weighted by atomic mass is 32.2. The van der Waals surface area contributed by atoms with E-state index in [1.165, 1.54) is 4.31 Å². The Bertz CT molecular complexity index is 310. The lowest BCUT2D eigenvalue weighted by Gasteiger charge is -2.21. The highest BCUT2D eigenvalue weighted by Crippen LogP contribution is 2.06. The fourth-order valence-corrected chi connectivity index (χ4v) is 3.52. The van der Waals surface area contributed by atoms with Gasteiger partial charge in [0.05, 0.1) is 0 Å².